The van der Waals surface area contributed by atoms with Crippen molar-refractivity contribution in [3.05, 3.63) is 394 Å². The average molecular weight is 1400 g/mol. The highest BCUT2D eigenvalue weighted by Gasteiger charge is 2.24. The fraction of sp³-hybridized carbons (Fsp3) is 0. The predicted molar refractivity (Wildman–Crippen MR) is 459 cm³/mol. The van der Waals surface area contributed by atoms with E-state index in [9.17, 15) is 0 Å². The molecule has 0 N–H and O–H groups in total. The summed E-state index contributed by atoms with van der Waals surface area (Å²) in [7, 11) is 0. The maximum absolute atomic E-state index is 5.29. The lowest BCUT2D eigenvalue weighted by Crippen LogP contribution is -1.98. The fourth-order valence-corrected chi connectivity index (χ4v) is 16.7. The lowest BCUT2D eigenvalue weighted by atomic mass is 9.94. The van der Waals surface area contributed by atoms with Gasteiger partial charge in [-0.2, -0.15) is 0 Å². The molecule has 0 saturated carbocycles. The third kappa shape index (κ3) is 10.9. The Balaban J connectivity index is 0.000000140. The smallest absolute Gasteiger partial charge is 0.137 e. The molecule has 17 aromatic carbocycles. The van der Waals surface area contributed by atoms with Gasteiger partial charge in [0.25, 0.3) is 0 Å². The molecule has 5 aromatic heterocycles. The van der Waals surface area contributed by atoms with Crippen LogP contribution in [0.3, 0.4) is 0 Å². The topological polar surface area (TPSA) is 74.3 Å². The molecule has 7 heteroatoms. The van der Waals surface area contributed by atoms with Gasteiger partial charge in [-0.05, 0) is 155 Å². The van der Waals surface area contributed by atoms with Crippen LogP contribution < -0.4 is 0 Å². The second-order valence-electron chi connectivity index (χ2n) is 28.2. The normalized spacial score (nSPS) is 11.6. The molecule has 0 spiro atoms. The molecule has 0 aliphatic rings. The molecule has 0 aliphatic heterocycles. The summed E-state index contributed by atoms with van der Waals surface area (Å²) < 4.78 is 4.79. The molecule has 0 atom stereocenters. The van der Waals surface area contributed by atoms with E-state index in [1.54, 1.807) is 0 Å². The zero-order chi connectivity index (χ0) is 72.6. The van der Waals surface area contributed by atoms with Gasteiger partial charge in [0.1, 0.15) is 5.82 Å². The van der Waals surface area contributed by atoms with Crippen LogP contribution in [0.5, 0.6) is 0 Å². The highest BCUT2D eigenvalue weighted by Crippen LogP contribution is 2.47. The molecule has 0 unspecified atom stereocenters. The fourth-order valence-electron chi connectivity index (χ4n) is 16.7. The van der Waals surface area contributed by atoms with E-state index in [2.05, 4.69) is 349 Å². The third-order valence-corrected chi connectivity index (χ3v) is 21.8. The van der Waals surface area contributed by atoms with E-state index in [4.69, 9.17) is 24.9 Å². The molecule has 5 heterocycles. The highest BCUT2D eigenvalue weighted by molar-refractivity contribution is 6.32. The van der Waals surface area contributed by atoms with E-state index >= 15 is 0 Å². The molecule has 7 nitrogen and oxygen atoms in total. The summed E-state index contributed by atoms with van der Waals surface area (Å²) in [5.74, 6) is 0.868. The Kier molecular flexibility index (Phi) is 15.4. The number of rotatable bonds is 10. The van der Waals surface area contributed by atoms with E-state index in [1.165, 1.54) is 97.9 Å². The second-order valence-corrected chi connectivity index (χ2v) is 28.2. The Morgan fingerprint density at radius 3 is 0.964 bits per heavy atom. The lowest BCUT2D eigenvalue weighted by molar-refractivity contribution is 1.08. The summed E-state index contributed by atoms with van der Waals surface area (Å²) in [6.45, 7) is 0. The van der Waals surface area contributed by atoms with E-state index < -0.39 is 0 Å². The van der Waals surface area contributed by atoms with Crippen molar-refractivity contribution in [1.82, 2.24) is 34.1 Å². The quantitative estimate of drug-likeness (QED) is 0.136. The molecule has 22 aromatic rings. The van der Waals surface area contributed by atoms with Crippen LogP contribution in [0.25, 0.3) is 210 Å². The Bertz CT molecular complexity index is 7350. The first kappa shape index (κ1) is 63.7. The first-order valence-corrected chi connectivity index (χ1v) is 37.4. The minimum atomic E-state index is 0.842. The minimum Gasteiger partial charge on any atom is -0.309 e. The van der Waals surface area contributed by atoms with E-state index in [0.29, 0.717) is 0 Å². The molecular formula is C103H65N7. The summed E-state index contributed by atoms with van der Waals surface area (Å²) in [5, 5.41) is 15.0. The Morgan fingerprint density at radius 2 is 0.527 bits per heavy atom. The number of nitrogens with zero attached hydrogens (tertiary/aromatic N) is 7. The van der Waals surface area contributed by atoms with Crippen LogP contribution in [0.2, 0.25) is 0 Å². The molecule has 0 fully saturated rings. The summed E-state index contributed by atoms with van der Waals surface area (Å²) in [6, 6.07) is 138. The average Bonchev–Trinajstić information content (AvgIpc) is 1.55. The van der Waals surface area contributed by atoms with Crippen molar-refractivity contribution in [2.75, 3.05) is 0 Å². The Labute approximate surface area is 634 Å². The zero-order valence-electron chi connectivity index (χ0n) is 59.7. The van der Waals surface area contributed by atoms with Gasteiger partial charge >= 0.3 is 0 Å². The van der Waals surface area contributed by atoms with Crippen LogP contribution in [0.1, 0.15) is 0 Å². The van der Waals surface area contributed by atoms with E-state index in [0.717, 1.165) is 112 Å². The van der Waals surface area contributed by atoms with Crippen molar-refractivity contribution in [1.29, 1.82) is 0 Å². The number of fused-ring (bicyclic) bond motifs is 16. The highest BCUT2D eigenvalue weighted by atomic mass is 15.1. The number of pyridine rings is 1. The van der Waals surface area contributed by atoms with Crippen LogP contribution in [-0.4, -0.2) is 34.1 Å². The van der Waals surface area contributed by atoms with Gasteiger partial charge in [-0.15, -0.1) is 0 Å². The van der Waals surface area contributed by atoms with Gasteiger partial charge in [-0.3, -0.25) is 4.57 Å². The first-order chi connectivity index (χ1) is 54.6. The van der Waals surface area contributed by atoms with Gasteiger partial charge in [0.05, 0.1) is 66.9 Å². The van der Waals surface area contributed by atoms with E-state index in [1.807, 2.05) is 54.7 Å². The monoisotopic (exact) mass is 1400 g/mol. The summed E-state index contributed by atoms with van der Waals surface area (Å²) >= 11 is 0. The summed E-state index contributed by atoms with van der Waals surface area (Å²) in [6.07, 6.45) is 1.98. The predicted octanol–water partition coefficient (Wildman–Crippen LogP) is 26.8. The molecule has 0 saturated heterocycles. The lowest BCUT2D eigenvalue weighted by Gasteiger charge is -2.14. The molecule has 110 heavy (non-hydrogen) atoms. The van der Waals surface area contributed by atoms with Crippen molar-refractivity contribution in [2.45, 2.75) is 0 Å². The molecule has 0 bridgehead atoms. The Hall–Kier alpha value is -14.8. The van der Waals surface area contributed by atoms with Gasteiger partial charge in [-0.25, -0.2) is 24.9 Å². The van der Waals surface area contributed by atoms with Crippen molar-refractivity contribution >= 4 is 109 Å². The van der Waals surface area contributed by atoms with Crippen molar-refractivity contribution < 1.29 is 0 Å². The number of hydrogen-bond donors (Lipinski definition) is 0. The van der Waals surface area contributed by atoms with E-state index in [-0.39, 0.29) is 0 Å². The zero-order valence-corrected chi connectivity index (χ0v) is 59.7. The molecule has 0 aliphatic carbocycles. The van der Waals surface area contributed by atoms with Crippen molar-refractivity contribution in [3.63, 3.8) is 0 Å². The number of hydrogen-bond acceptors (Lipinski definition) is 5. The van der Waals surface area contributed by atoms with Gasteiger partial charge in [0, 0.05) is 61.2 Å². The maximum atomic E-state index is 5.29. The number of aromatic nitrogens is 7. The van der Waals surface area contributed by atoms with Crippen LogP contribution in [-0.2, 0) is 0 Å². The van der Waals surface area contributed by atoms with Gasteiger partial charge in [0.15, 0.2) is 0 Å². The molecule has 0 radical (unpaired) electrons. The second kappa shape index (κ2) is 26.7. The van der Waals surface area contributed by atoms with Crippen molar-refractivity contribution in [3.8, 4) is 101 Å². The summed E-state index contributed by atoms with van der Waals surface area (Å²) in [5.41, 5.74) is 26.0. The van der Waals surface area contributed by atoms with Crippen molar-refractivity contribution in [2.24, 2.45) is 0 Å². The largest absolute Gasteiger partial charge is 0.309 e. The standard InChI is InChI=1S/C52H33N3.C51H32N4/c1-4-15-34(16-5-1)44-33-48-50(43-26-13-12-25-42(43)44)49-41-24-11-10-17-35(41)28-30-47(49)55(48)40-23-14-22-38(31-40)39-27-29-45-46(32-39)54-52(37-20-8-3-9-21-37)51(53-45)36-18-6-2-7-19-36;1-4-14-33(15-5-1)42-31-46-49(41-23-13-12-22-40(41)42)48-39-21-11-10-16-34(39)25-28-45(48)55(46)47-29-26-38(32-52-47)37-24-27-43-44(30-37)54-51(36-19-8-3-9-20-36)50(53-43)35-17-6-2-7-18-35/h1-33H;1-32H. The minimum absolute atomic E-state index is 0.842. The molecule has 0 amide bonds. The van der Waals surface area contributed by atoms with Gasteiger partial charge < -0.3 is 4.57 Å². The van der Waals surface area contributed by atoms with Crippen LogP contribution in [0, 0.1) is 0 Å². The van der Waals surface area contributed by atoms with Crippen LogP contribution >= 0.6 is 0 Å². The van der Waals surface area contributed by atoms with Crippen LogP contribution in [0.15, 0.2) is 394 Å². The summed E-state index contributed by atoms with van der Waals surface area (Å²) in [4.78, 5) is 26.1. The van der Waals surface area contributed by atoms with Crippen LogP contribution in [0.4, 0.5) is 0 Å². The van der Waals surface area contributed by atoms with Gasteiger partial charge in [-0.1, -0.05) is 315 Å². The molecular weight excluding hydrogens is 1340 g/mol. The first-order valence-electron chi connectivity index (χ1n) is 37.4. The molecule has 22 rings (SSSR count). The molecule has 512 valence electrons. The SMILES string of the molecule is c1ccc(-c2nc3ccc(-c4ccc(-n5c6ccc7ccccc7c6c6c7ccccc7c(-c7ccccc7)cc65)nc4)cc3nc2-c2ccccc2)cc1.c1ccc(-c2nc3ccc(-c4cccc(-n5c6ccc7ccccc7c6c6c7ccccc7c(-c7ccccc7)cc65)c4)cc3nc2-c2ccccc2)cc1. The third-order valence-electron chi connectivity index (χ3n) is 21.8. The van der Waals surface area contributed by atoms with Gasteiger partial charge in [0.2, 0.25) is 0 Å². The Morgan fingerprint density at radius 1 is 0.191 bits per heavy atom. The maximum Gasteiger partial charge on any atom is 0.137 e. The number of benzene rings is 17.